The van der Waals surface area contributed by atoms with Crippen molar-refractivity contribution in [3.8, 4) is 0 Å². The second kappa shape index (κ2) is 3.58. The first-order chi connectivity index (χ1) is 6.34. The molecule has 0 atom stereocenters. The molecular formula is C7H6F3NO2S. The van der Waals surface area contributed by atoms with E-state index in [2.05, 4.69) is 5.14 Å². The van der Waals surface area contributed by atoms with Crippen LogP contribution < -0.4 is 5.14 Å². The van der Waals surface area contributed by atoms with Crippen LogP contribution in [0.5, 0.6) is 0 Å². The summed E-state index contributed by atoms with van der Waals surface area (Å²) in [5.41, 5.74) is -0.924. The Morgan fingerprint density at radius 1 is 1.29 bits per heavy atom. The van der Waals surface area contributed by atoms with Gasteiger partial charge < -0.3 is 0 Å². The molecule has 0 fully saturated rings. The lowest BCUT2D eigenvalue weighted by Gasteiger charge is -2.06. The van der Waals surface area contributed by atoms with Crippen LogP contribution >= 0.6 is 0 Å². The van der Waals surface area contributed by atoms with Crippen molar-refractivity contribution in [3.63, 3.8) is 0 Å². The van der Waals surface area contributed by atoms with Crippen molar-refractivity contribution >= 4 is 10.0 Å². The highest BCUT2D eigenvalue weighted by atomic mass is 32.2. The quantitative estimate of drug-likeness (QED) is 0.827. The van der Waals surface area contributed by atoms with Crippen LogP contribution in [0, 0.1) is 5.82 Å². The summed E-state index contributed by atoms with van der Waals surface area (Å²) in [5.74, 6) is -1.27. The molecule has 0 saturated carbocycles. The Balaban J connectivity index is 3.54. The summed E-state index contributed by atoms with van der Waals surface area (Å²) in [7, 11) is -4.46. The summed E-state index contributed by atoms with van der Waals surface area (Å²) in [6.45, 7) is 0. The molecule has 0 heterocycles. The highest BCUT2D eigenvalue weighted by Gasteiger charge is 2.24. The van der Waals surface area contributed by atoms with Gasteiger partial charge >= 0.3 is 0 Å². The minimum absolute atomic E-state index is 0.756. The normalized spacial score (nSPS) is 12.1. The van der Waals surface area contributed by atoms with Gasteiger partial charge in [0.05, 0.1) is 0 Å². The number of rotatable bonds is 2. The summed E-state index contributed by atoms with van der Waals surface area (Å²) < 4.78 is 59.0. The number of sulfonamides is 1. The lowest BCUT2D eigenvalue weighted by molar-refractivity contribution is 0.147. The number of benzene rings is 1. The molecule has 3 nitrogen and oxygen atoms in total. The van der Waals surface area contributed by atoms with Gasteiger partial charge in [-0.15, -0.1) is 0 Å². The second-order valence-electron chi connectivity index (χ2n) is 2.50. The third kappa shape index (κ3) is 2.05. The van der Waals surface area contributed by atoms with Gasteiger partial charge in [0.15, 0.2) is 0 Å². The molecule has 2 N–H and O–H groups in total. The molecule has 1 aromatic rings. The number of halogens is 3. The third-order valence-corrected chi connectivity index (χ3v) is 2.52. The predicted octanol–water partition coefficient (Wildman–Crippen LogP) is 1.41. The first-order valence-corrected chi connectivity index (χ1v) is 4.98. The molecule has 0 saturated heterocycles. The second-order valence-corrected chi connectivity index (χ2v) is 4.00. The molecule has 0 amide bonds. The van der Waals surface area contributed by atoms with Gasteiger partial charge in [0.2, 0.25) is 10.0 Å². The van der Waals surface area contributed by atoms with E-state index in [0.29, 0.717) is 0 Å². The van der Waals surface area contributed by atoms with Gasteiger partial charge in [0.25, 0.3) is 6.43 Å². The first-order valence-electron chi connectivity index (χ1n) is 3.43. The largest absolute Gasteiger partial charge is 0.265 e. The molecular weight excluding hydrogens is 219 g/mol. The maximum atomic E-state index is 12.9. The molecule has 0 unspecified atom stereocenters. The number of alkyl halides is 2. The predicted molar refractivity (Wildman–Crippen MR) is 42.7 cm³/mol. The monoisotopic (exact) mass is 225 g/mol. The molecule has 14 heavy (non-hydrogen) atoms. The Morgan fingerprint density at radius 3 is 2.21 bits per heavy atom. The number of hydrogen-bond acceptors (Lipinski definition) is 2. The molecule has 78 valence electrons. The van der Waals surface area contributed by atoms with Gasteiger partial charge in [-0.25, -0.2) is 26.7 Å². The van der Waals surface area contributed by atoms with E-state index in [1.165, 1.54) is 0 Å². The maximum absolute atomic E-state index is 12.9. The van der Waals surface area contributed by atoms with Crippen molar-refractivity contribution in [2.75, 3.05) is 0 Å². The van der Waals surface area contributed by atoms with Gasteiger partial charge in [-0.2, -0.15) is 0 Å². The van der Waals surface area contributed by atoms with Gasteiger partial charge in [-0.05, 0) is 6.07 Å². The summed E-state index contributed by atoms with van der Waals surface area (Å²) in [4.78, 5) is -1.14. The zero-order valence-corrected chi connectivity index (χ0v) is 7.56. The molecule has 0 aromatic heterocycles. The van der Waals surface area contributed by atoms with Crippen molar-refractivity contribution in [3.05, 3.63) is 29.6 Å². The van der Waals surface area contributed by atoms with Crippen LogP contribution in [0.15, 0.2) is 23.1 Å². The lowest BCUT2D eigenvalue weighted by atomic mass is 10.2. The van der Waals surface area contributed by atoms with Crippen molar-refractivity contribution in [2.45, 2.75) is 11.3 Å². The molecule has 0 aliphatic rings. The van der Waals surface area contributed by atoms with Crippen molar-refractivity contribution in [1.29, 1.82) is 0 Å². The van der Waals surface area contributed by atoms with Crippen molar-refractivity contribution in [1.82, 2.24) is 0 Å². The highest BCUT2D eigenvalue weighted by molar-refractivity contribution is 7.89. The Hall–Kier alpha value is -1.08. The third-order valence-electron chi connectivity index (χ3n) is 1.52. The molecule has 0 bridgehead atoms. The van der Waals surface area contributed by atoms with E-state index in [1.807, 2.05) is 0 Å². The number of nitrogens with two attached hydrogens (primary N) is 1. The number of hydrogen-bond donors (Lipinski definition) is 1. The maximum Gasteiger partial charge on any atom is 0.265 e. The summed E-state index contributed by atoms with van der Waals surface area (Å²) in [6.07, 6.45) is -3.08. The zero-order valence-electron chi connectivity index (χ0n) is 6.75. The van der Waals surface area contributed by atoms with E-state index in [9.17, 15) is 21.6 Å². The van der Waals surface area contributed by atoms with Gasteiger partial charge in [0.1, 0.15) is 10.7 Å². The van der Waals surface area contributed by atoms with E-state index >= 15 is 0 Å². The fourth-order valence-electron chi connectivity index (χ4n) is 0.998. The van der Waals surface area contributed by atoms with E-state index in [0.717, 1.165) is 18.2 Å². The van der Waals surface area contributed by atoms with Gasteiger partial charge in [-0.1, -0.05) is 12.1 Å². The molecule has 0 aliphatic carbocycles. The number of primary sulfonamides is 1. The van der Waals surface area contributed by atoms with Crippen molar-refractivity contribution < 1.29 is 21.6 Å². The van der Waals surface area contributed by atoms with E-state index in [4.69, 9.17) is 0 Å². The Morgan fingerprint density at radius 2 is 1.86 bits per heavy atom. The van der Waals surface area contributed by atoms with Gasteiger partial charge in [0, 0.05) is 5.56 Å². The standard InChI is InChI=1S/C7H6F3NO2S/c8-5-3-1-2-4(7(9)10)6(5)14(11,12)13/h1-3,7H,(H2,11,12,13). The molecule has 0 aliphatic heterocycles. The minimum atomic E-state index is -4.46. The Bertz CT molecular complexity index is 444. The van der Waals surface area contributed by atoms with Crippen LogP contribution in [-0.2, 0) is 10.0 Å². The zero-order chi connectivity index (χ0) is 10.9. The molecule has 1 rings (SSSR count). The van der Waals surface area contributed by atoms with E-state index in [1.54, 1.807) is 0 Å². The van der Waals surface area contributed by atoms with Crippen LogP contribution in [0.25, 0.3) is 0 Å². The molecule has 1 aromatic carbocycles. The first kappa shape index (κ1) is 11.0. The van der Waals surface area contributed by atoms with Crippen LogP contribution in [0.4, 0.5) is 13.2 Å². The van der Waals surface area contributed by atoms with Crippen molar-refractivity contribution in [2.24, 2.45) is 5.14 Å². The summed E-state index contributed by atoms with van der Waals surface area (Å²) in [6, 6.07) is 2.56. The molecule has 0 spiro atoms. The molecule has 0 radical (unpaired) electrons. The van der Waals surface area contributed by atoms with Gasteiger partial charge in [-0.3, -0.25) is 0 Å². The van der Waals surface area contributed by atoms with Crippen LogP contribution in [0.3, 0.4) is 0 Å². The average Bonchev–Trinajstić information content (AvgIpc) is 2.01. The smallest absolute Gasteiger partial charge is 0.225 e. The van der Waals surface area contributed by atoms with Crippen LogP contribution in [0.1, 0.15) is 12.0 Å². The van der Waals surface area contributed by atoms with Crippen LogP contribution in [0.2, 0.25) is 0 Å². The van der Waals surface area contributed by atoms with E-state index in [-0.39, 0.29) is 0 Å². The molecule has 7 heteroatoms. The highest BCUT2D eigenvalue weighted by Crippen LogP contribution is 2.27. The topological polar surface area (TPSA) is 60.2 Å². The summed E-state index contributed by atoms with van der Waals surface area (Å²) >= 11 is 0. The average molecular weight is 225 g/mol. The van der Waals surface area contributed by atoms with Crippen LogP contribution in [-0.4, -0.2) is 8.42 Å². The van der Waals surface area contributed by atoms with E-state index < -0.39 is 32.7 Å². The minimum Gasteiger partial charge on any atom is -0.225 e. The Labute approximate surface area is 78.4 Å². The lowest BCUT2D eigenvalue weighted by Crippen LogP contribution is -2.16. The fraction of sp³-hybridized carbons (Fsp3) is 0.143. The summed E-state index contributed by atoms with van der Waals surface area (Å²) in [5, 5.41) is 4.60. The SMILES string of the molecule is NS(=O)(=O)c1c(F)cccc1C(F)F. The fourth-order valence-corrected chi connectivity index (χ4v) is 1.82. The Kier molecular flexibility index (Phi) is 2.81.